The fourth-order valence-electron chi connectivity index (χ4n) is 3.10. The molecule has 3 aromatic rings. The van der Waals surface area contributed by atoms with Gasteiger partial charge in [-0.05, 0) is 47.5 Å². The highest BCUT2D eigenvalue weighted by Crippen LogP contribution is 2.26. The van der Waals surface area contributed by atoms with Crippen LogP contribution in [-0.4, -0.2) is 20.4 Å². The number of nitrogens with one attached hydrogen (secondary N) is 2. The number of para-hydroxylation sites is 1. The molecule has 0 aromatic heterocycles. The molecule has 172 valence electrons. The topological polar surface area (TPSA) is 154 Å². The zero-order valence-corrected chi connectivity index (χ0v) is 18.4. The Balaban J connectivity index is 1.66. The van der Waals surface area contributed by atoms with Crippen molar-refractivity contribution in [3.05, 3.63) is 90.0 Å². The van der Waals surface area contributed by atoms with Gasteiger partial charge in [0.2, 0.25) is 15.9 Å². The highest BCUT2D eigenvalue weighted by atomic mass is 32.2. The Labute approximate surface area is 191 Å². The summed E-state index contributed by atoms with van der Waals surface area (Å²) in [6.45, 7) is 0.171. The summed E-state index contributed by atoms with van der Waals surface area (Å²) in [7, 11) is -3.78. The van der Waals surface area contributed by atoms with E-state index >= 15 is 0 Å². The Bertz CT molecular complexity index is 1220. The van der Waals surface area contributed by atoms with Gasteiger partial charge in [0.25, 0.3) is 0 Å². The first kappa shape index (κ1) is 23.8. The minimum absolute atomic E-state index is 0.0131. The Morgan fingerprint density at radius 3 is 2.21 bits per heavy atom. The van der Waals surface area contributed by atoms with Gasteiger partial charge in [-0.15, -0.1) is 0 Å². The van der Waals surface area contributed by atoms with E-state index in [9.17, 15) is 18.0 Å². The van der Waals surface area contributed by atoms with Crippen LogP contribution in [0.2, 0.25) is 0 Å². The zero-order chi connectivity index (χ0) is 23.8. The second-order valence-corrected chi connectivity index (χ2v) is 8.78. The van der Waals surface area contributed by atoms with Crippen LogP contribution in [-0.2, 0) is 21.4 Å². The molecule has 0 spiro atoms. The molecule has 6 N–H and O–H groups in total. The van der Waals surface area contributed by atoms with E-state index < -0.39 is 22.1 Å². The number of nitrogens with two attached hydrogens (primary N) is 2. The molecule has 0 aliphatic carbocycles. The van der Waals surface area contributed by atoms with Crippen molar-refractivity contribution in [2.24, 2.45) is 10.9 Å². The van der Waals surface area contributed by atoms with Crippen molar-refractivity contribution in [2.45, 2.75) is 23.9 Å². The van der Waals surface area contributed by atoms with E-state index in [1.54, 1.807) is 36.4 Å². The number of amides is 3. The minimum Gasteiger partial charge on any atom is -0.457 e. The molecule has 0 fully saturated rings. The molecule has 0 radical (unpaired) electrons. The first-order valence-corrected chi connectivity index (χ1v) is 11.5. The molecular formula is C23H24N4O5S. The van der Waals surface area contributed by atoms with Gasteiger partial charge in [-0.1, -0.05) is 42.5 Å². The van der Waals surface area contributed by atoms with Crippen molar-refractivity contribution in [3.63, 3.8) is 0 Å². The molecule has 0 saturated carbocycles. The number of benzene rings is 3. The first-order valence-electron chi connectivity index (χ1n) is 9.98. The fraction of sp³-hybridized carbons (Fsp3) is 0.130. The fourth-order valence-corrected chi connectivity index (χ4v) is 3.61. The minimum atomic E-state index is -3.78. The summed E-state index contributed by atoms with van der Waals surface area (Å²) in [6.07, 6.45) is -0.0625. The summed E-state index contributed by atoms with van der Waals surface area (Å²) < 4.78 is 28.5. The summed E-state index contributed by atoms with van der Waals surface area (Å²) in [5, 5.41) is 10.4. The van der Waals surface area contributed by atoms with Crippen molar-refractivity contribution in [1.82, 2.24) is 10.6 Å². The number of primary amides is 1. The Hall–Kier alpha value is -3.89. The van der Waals surface area contributed by atoms with Crippen molar-refractivity contribution in [3.8, 4) is 11.5 Å². The Morgan fingerprint density at radius 2 is 1.58 bits per heavy atom. The third-order valence-electron chi connectivity index (χ3n) is 4.69. The molecule has 0 bridgehead atoms. The number of urea groups is 1. The molecule has 0 aliphatic rings. The van der Waals surface area contributed by atoms with Gasteiger partial charge in [-0.3, -0.25) is 4.79 Å². The normalized spacial score (nSPS) is 11.9. The number of primary sulfonamides is 1. The molecular weight excluding hydrogens is 444 g/mol. The van der Waals surface area contributed by atoms with Crippen LogP contribution in [0.25, 0.3) is 0 Å². The van der Waals surface area contributed by atoms with Crippen LogP contribution in [0.3, 0.4) is 0 Å². The highest BCUT2D eigenvalue weighted by Gasteiger charge is 2.18. The molecule has 33 heavy (non-hydrogen) atoms. The predicted octanol–water partition coefficient (Wildman–Crippen LogP) is 2.54. The van der Waals surface area contributed by atoms with Crippen molar-refractivity contribution in [1.29, 1.82) is 0 Å². The van der Waals surface area contributed by atoms with Crippen LogP contribution in [0.4, 0.5) is 4.79 Å². The van der Waals surface area contributed by atoms with Gasteiger partial charge in [0, 0.05) is 6.54 Å². The average Bonchev–Trinajstić information content (AvgIpc) is 2.77. The Morgan fingerprint density at radius 1 is 0.909 bits per heavy atom. The van der Waals surface area contributed by atoms with Crippen LogP contribution in [0.1, 0.15) is 23.6 Å². The lowest BCUT2D eigenvalue weighted by atomic mass is 10.0. The van der Waals surface area contributed by atoms with Crippen molar-refractivity contribution in [2.75, 3.05) is 0 Å². The van der Waals surface area contributed by atoms with E-state index in [1.807, 2.05) is 30.3 Å². The predicted molar refractivity (Wildman–Crippen MR) is 123 cm³/mol. The van der Waals surface area contributed by atoms with Crippen LogP contribution in [0.15, 0.2) is 83.8 Å². The molecule has 0 heterocycles. The number of ether oxygens (including phenoxy) is 1. The molecule has 3 amide bonds. The summed E-state index contributed by atoms with van der Waals surface area (Å²) in [5.74, 6) is 0.865. The maximum absolute atomic E-state index is 12.5. The molecule has 3 rings (SSSR count). The standard InChI is InChI=1S/C23H24N4O5S/c24-23(29)27-21(17-5-4-8-19(13-17)32-18-6-2-1-3-7-18)14-22(28)26-15-16-9-11-20(12-10-16)33(25,30)31/h1-13,21H,14-15H2,(H,26,28)(H3,24,27,29)(H2,25,30,31). The third kappa shape index (κ3) is 7.34. The number of hydrogen-bond acceptors (Lipinski definition) is 5. The first-order chi connectivity index (χ1) is 15.7. The summed E-state index contributed by atoms with van der Waals surface area (Å²) in [5.41, 5.74) is 6.65. The zero-order valence-electron chi connectivity index (χ0n) is 17.6. The van der Waals surface area contributed by atoms with Crippen molar-refractivity contribution < 1.29 is 22.7 Å². The van der Waals surface area contributed by atoms with E-state index in [0.717, 1.165) is 0 Å². The van der Waals surface area contributed by atoms with Crippen LogP contribution in [0, 0.1) is 0 Å². The second-order valence-electron chi connectivity index (χ2n) is 7.22. The van der Waals surface area contributed by atoms with E-state index in [2.05, 4.69) is 10.6 Å². The quantitative estimate of drug-likeness (QED) is 0.380. The monoisotopic (exact) mass is 468 g/mol. The van der Waals surface area contributed by atoms with Crippen molar-refractivity contribution >= 4 is 22.0 Å². The number of sulfonamides is 1. The van der Waals surface area contributed by atoms with Gasteiger partial charge in [0.1, 0.15) is 11.5 Å². The average molecular weight is 469 g/mol. The maximum Gasteiger partial charge on any atom is 0.312 e. The van der Waals surface area contributed by atoms with E-state index in [0.29, 0.717) is 22.6 Å². The highest BCUT2D eigenvalue weighted by molar-refractivity contribution is 7.89. The van der Waals surface area contributed by atoms with E-state index in [4.69, 9.17) is 15.6 Å². The maximum atomic E-state index is 12.5. The number of rotatable bonds is 9. The summed E-state index contributed by atoms with van der Waals surface area (Å²) >= 11 is 0. The van der Waals surface area contributed by atoms with Crippen LogP contribution in [0.5, 0.6) is 11.5 Å². The van der Waals surface area contributed by atoms with Gasteiger partial charge in [0.05, 0.1) is 17.4 Å². The summed E-state index contributed by atoms with van der Waals surface area (Å²) in [6, 6.07) is 20.6. The molecule has 0 aliphatic heterocycles. The number of carbonyl (C=O) groups is 2. The van der Waals surface area contributed by atoms with Crippen LogP contribution < -0.4 is 26.2 Å². The SMILES string of the molecule is NC(=O)NC(CC(=O)NCc1ccc(S(N)(=O)=O)cc1)c1cccc(Oc2ccccc2)c1. The molecule has 1 unspecified atom stereocenters. The molecule has 3 aromatic carbocycles. The largest absolute Gasteiger partial charge is 0.457 e. The molecule has 0 saturated heterocycles. The van der Waals surface area contributed by atoms with Gasteiger partial charge in [-0.25, -0.2) is 18.4 Å². The Kier molecular flexibility index (Phi) is 7.65. The third-order valence-corrected chi connectivity index (χ3v) is 5.62. The van der Waals surface area contributed by atoms with Gasteiger partial charge in [-0.2, -0.15) is 0 Å². The summed E-state index contributed by atoms with van der Waals surface area (Å²) in [4.78, 5) is 24.0. The molecule has 9 nitrogen and oxygen atoms in total. The van der Waals surface area contributed by atoms with Gasteiger partial charge < -0.3 is 21.1 Å². The van der Waals surface area contributed by atoms with E-state index in [-0.39, 0.29) is 23.8 Å². The molecule has 1 atom stereocenters. The van der Waals surface area contributed by atoms with Gasteiger partial charge in [0.15, 0.2) is 0 Å². The van der Waals surface area contributed by atoms with Crippen LogP contribution >= 0.6 is 0 Å². The second kappa shape index (κ2) is 10.6. The lowest BCUT2D eigenvalue weighted by Gasteiger charge is -2.19. The van der Waals surface area contributed by atoms with Gasteiger partial charge >= 0.3 is 6.03 Å². The lowest BCUT2D eigenvalue weighted by molar-refractivity contribution is -0.121. The lowest BCUT2D eigenvalue weighted by Crippen LogP contribution is -2.36. The number of carbonyl (C=O) groups excluding carboxylic acids is 2. The number of hydrogen-bond donors (Lipinski definition) is 4. The van der Waals surface area contributed by atoms with E-state index in [1.165, 1.54) is 12.1 Å². The smallest absolute Gasteiger partial charge is 0.312 e. The molecule has 10 heteroatoms.